The maximum atomic E-state index is 11.8. The molecule has 0 radical (unpaired) electrons. The molecule has 0 atom stereocenters. The van der Waals surface area contributed by atoms with E-state index in [1.807, 2.05) is 30.3 Å². The number of piperidine rings is 1. The van der Waals surface area contributed by atoms with Crippen molar-refractivity contribution in [1.82, 2.24) is 15.1 Å². The molecule has 0 aliphatic carbocycles. The molecule has 2 heterocycles. The number of aromatic nitrogens is 2. The fraction of sp³-hybridized carbons (Fsp3) is 0.615. The first-order chi connectivity index (χ1) is 9.22. The van der Waals surface area contributed by atoms with Crippen LogP contribution in [0, 0.1) is 0 Å². The summed E-state index contributed by atoms with van der Waals surface area (Å²) in [6.07, 6.45) is 5.63. The van der Waals surface area contributed by atoms with E-state index < -0.39 is 0 Å². The van der Waals surface area contributed by atoms with E-state index in [-0.39, 0.29) is 5.91 Å². The monoisotopic (exact) mass is 280 g/mol. The summed E-state index contributed by atoms with van der Waals surface area (Å²) >= 11 is 1.59. The van der Waals surface area contributed by atoms with E-state index in [4.69, 9.17) is 0 Å². The molecule has 1 aromatic rings. The van der Waals surface area contributed by atoms with Gasteiger partial charge in [-0.05, 0) is 31.2 Å². The highest BCUT2D eigenvalue weighted by Crippen LogP contribution is 2.20. The van der Waals surface area contributed by atoms with E-state index in [9.17, 15) is 4.79 Å². The lowest BCUT2D eigenvalue weighted by Gasteiger charge is -2.37. The first-order valence-corrected chi connectivity index (χ1v) is 7.89. The van der Waals surface area contributed by atoms with Gasteiger partial charge in [-0.15, -0.1) is 5.10 Å². The highest BCUT2D eigenvalue weighted by atomic mass is 32.2. The van der Waals surface area contributed by atoms with Gasteiger partial charge >= 0.3 is 0 Å². The van der Waals surface area contributed by atoms with Crippen LogP contribution in [0.5, 0.6) is 0 Å². The molecule has 0 unspecified atom stereocenters. The van der Waals surface area contributed by atoms with Gasteiger partial charge in [-0.2, -0.15) is 16.9 Å². The minimum atomic E-state index is 0.258. The fourth-order valence-electron chi connectivity index (χ4n) is 2.39. The number of nitrogens with zero attached hydrogens (tertiary/aromatic N) is 4. The minimum absolute atomic E-state index is 0.258. The maximum absolute atomic E-state index is 11.8. The van der Waals surface area contributed by atoms with Crippen molar-refractivity contribution in [2.24, 2.45) is 0 Å². The molecule has 1 aromatic heterocycles. The summed E-state index contributed by atoms with van der Waals surface area (Å²) in [6, 6.07) is 4.31. The van der Waals surface area contributed by atoms with E-state index >= 15 is 0 Å². The average molecular weight is 280 g/mol. The number of carbonyl (C=O) groups excluding carboxylic acids is 1. The van der Waals surface area contributed by atoms with Crippen LogP contribution >= 0.6 is 11.8 Å². The van der Waals surface area contributed by atoms with Gasteiger partial charge in [0.15, 0.2) is 5.82 Å². The van der Waals surface area contributed by atoms with Crippen molar-refractivity contribution in [2.75, 3.05) is 37.0 Å². The van der Waals surface area contributed by atoms with Crippen molar-refractivity contribution in [3.8, 4) is 0 Å². The van der Waals surface area contributed by atoms with Gasteiger partial charge in [0.05, 0.1) is 5.75 Å². The van der Waals surface area contributed by atoms with Crippen LogP contribution in [-0.4, -0.2) is 59.2 Å². The van der Waals surface area contributed by atoms with Crippen LogP contribution in [0.1, 0.15) is 12.8 Å². The summed E-state index contributed by atoms with van der Waals surface area (Å²) in [5.74, 6) is 1.74. The van der Waals surface area contributed by atoms with Gasteiger partial charge in [0.1, 0.15) is 0 Å². The van der Waals surface area contributed by atoms with Gasteiger partial charge in [0.25, 0.3) is 0 Å². The van der Waals surface area contributed by atoms with Gasteiger partial charge in [0, 0.05) is 32.4 Å². The number of rotatable bonds is 4. The molecule has 0 bridgehead atoms. The van der Waals surface area contributed by atoms with Crippen LogP contribution in [0.4, 0.5) is 5.82 Å². The topological polar surface area (TPSA) is 49.3 Å². The van der Waals surface area contributed by atoms with Crippen LogP contribution < -0.4 is 4.90 Å². The number of carbonyl (C=O) groups is 1. The standard InChI is InChI=1S/C13H20N4OS/c1-16(12-4-3-7-14-15-12)11-5-8-17(9-6-11)13(18)10-19-2/h3-4,7,11H,5-6,8-10H2,1-2H3. The Balaban J connectivity index is 1.88. The first-order valence-electron chi connectivity index (χ1n) is 6.49. The number of hydrogen-bond donors (Lipinski definition) is 0. The molecule has 2 rings (SSSR count). The lowest BCUT2D eigenvalue weighted by atomic mass is 10.0. The molecule has 0 aromatic carbocycles. The first kappa shape index (κ1) is 14.1. The lowest BCUT2D eigenvalue weighted by molar-refractivity contribution is -0.129. The third-order valence-electron chi connectivity index (χ3n) is 3.55. The smallest absolute Gasteiger partial charge is 0.232 e. The SMILES string of the molecule is CSCC(=O)N1CCC(N(C)c2cccnn2)CC1. The van der Waals surface area contributed by atoms with Gasteiger partial charge in [0.2, 0.25) is 5.91 Å². The highest BCUT2D eigenvalue weighted by molar-refractivity contribution is 7.99. The van der Waals surface area contributed by atoms with Gasteiger partial charge < -0.3 is 9.80 Å². The molecule has 19 heavy (non-hydrogen) atoms. The van der Waals surface area contributed by atoms with Gasteiger partial charge in [-0.1, -0.05) is 0 Å². The molecular formula is C13H20N4OS. The van der Waals surface area contributed by atoms with Crippen LogP contribution in [0.2, 0.25) is 0 Å². The summed E-state index contributed by atoms with van der Waals surface area (Å²) in [6.45, 7) is 1.68. The molecule has 1 fully saturated rings. The molecule has 1 aliphatic rings. The minimum Gasteiger partial charge on any atom is -0.355 e. The molecule has 0 N–H and O–H groups in total. The van der Waals surface area contributed by atoms with E-state index in [0.29, 0.717) is 11.8 Å². The quantitative estimate of drug-likeness (QED) is 0.831. The third-order valence-corrected chi connectivity index (χ3v) is 4.09. The second kappa shape index (κ2) is 6.75. The highest BCUT2D eigenvalue weighted by Gasteiger charge is 2.25. The third kappa shape index (κ3) is 3.59. The molecule has 1 saturated heterocycles. The van der Waals surface area contributed by atoms with Crippen LogP contribution in [-0.2, 0) is 4.79 Å². The Kier molecular flexibility index (Phi) is 5.01. The second-order valence-corrected chi connectivity index (χ2v) is 5.60. The van der Waals surface area contributed by atoms with E-state index in [0.717, 1.165) is 31.7 Å². The average Bonchev–Trinajstić information content (AvgIpc) is 2.48. The van der Waals surface area contributed by atoms with Crippen molar-refractivity contribution in [2.45, 2.75) is 18.9 Å². The van der Waals surface area contributed by atoms with E-state index in [1.54, 1.807) is 18.0 Å². The largest absolute Gasteiger partial charge is 0.355 e. The number of thioether (sulfide) groups is 1. The van der Waals surface area contributed by atoms with Crippen molar-refractivity contribution in [3.05, 3.63) is 18.3 Å². The van der Waals surface area contributed by atoms with Crippen LogP contribution in [0.25, 0.3) is 0 Å². The summed E-state index contributed by atoms with van der Waals surface area (Å²) in [4.78, 5) is 16.0. The predicted molar refractivity (Wildman–Crippen MR) is 78.4 cm³/mol. The normalized spacial score (nSPS) is 16.4. The van der Waals surface area contributed by atoms with Crippen LogP contribution in [0.3, 0.4) is 0 Å². The Morgan fingerprint density at radius 3 is 2.84 bits per heavy atom. The fourth-order valence-corrected chi connectivity index (χ4v) is 2.82. The zero-order chi connectivity index (χ0) is 13.7. The number of amides is 1. The van der Waals surface area contributed by atoms with Crippen molar-refractivity contribution < 1.29 is 4.79 Å². The summed E-state index contributed by atoms with van der Waals surface area (Å²) in [5.41, 5.74) is 0. The van der Waals surface area contributed by atoms with Gasteiger partial charge in [-0.25, -0.2) is 0 Å². The molecular weight excluding hydrogens is 260 g/mol. The van der Waals surface area contributed by atoms with Crippen molar-refractivity contribution in [3.63, 3.8) is 0 Å². The van der Waals surface area contributed by atoms with Crippen molar-refractivity contribution in [1.29, 1.82) is 0 Å². The summed E-state index contributed by atoms with van der Waals surface area (Å²) in [5, 5.41) is 8.04. The van der Waals surface area contributed by atoms with Crippen LogP contribution in [0.15, 0.2) is 18.3 Å². The van der Waals surface area contributed by atoms with E-state index in [2.05, 4.69) is 15.1 Å². The summed E-state index contributed by atoms with van der Waals surface area (Å²) in [7, 11) is 2.05. The lowest BCUT2D eigenvalue weighted by Crippen LogP contribution is -2.46. The Morgan fingerprint density at radius 1 is 1.53 bits per heavy atom. The molecule has 0 saturated carbocycles. The van der Waals surface area contributed by atoms with E-state index in [1.165, 1.54) is 0 Å². The predicted octanol–water partition coefficient (Wildman–Crippen LogP) is 1.27. The molecule has 6 heteroatoms. The zero-order valence-corrected chi connectivity index (χ0v) is 12.3. The molecule has 1 amide bonds. The Morgan fingerprint density at radius 2 is 2.26 bits per heavy atom. The number of anilines is 1. The van der Waals surface area contributed by atoms with Crippen molar-refractivity contribution >= 4 is 23.5 Å². The Hall–Kier alpha value is -1.30. The van der Waals surface area contributed by atoms with Gasteiger partial charge in [-0.3, -0.25) is 4.79 Å². The number of hydrogen-bond acceptors (Lipinski definition) is 5. The number of likely N-dealkylation sites (tertiary alicyclic amines) is 1. The maximum Gasteiger partial charge on any atom is 0.232 e. The molecule has 5 nitrogen and oxygen atoms in total. The Labute approximate surface area is 118 Å². The molecule has 1 aliphatic heterocycles. The summed E-state index contributed by atoms with van der Waals surface area (Å²) < 4.78 is 0. The molecule has 104 valence electrons. The Bertz CT molecular complexity index is 406. The molecule has 0 spiro atoms. The second-order valence-electron chi connectivity index (χ2n) is 4.74. The zero-order valence-electron chi connectivity index (χ0n) is 11.5.